The summed E-state index contributed by atoms with van der Waals surface area (Å²) in [6.07, 6.45) is 2.20. The van der Waals surface area contributed by atoms with Crippen molar-refractivity contribution in [3.8, 4) is 0 Å². The third kappa shape index (κ3) is 3.25. The molecule has 7 heteroatoms. The average molecular weight is 278 g/mol. The highest BCUT2D eigenvalue weighted by molar-refractivity contribution is 7.09. The Hall–Kier alpha value is -2.02. The number of aryl methyl sites for hydroxylation is 2. The van der Waals surface area contributed by atoms with E-state index in [9.17, 15) is 10.1 Å². The maximum atomic E-state index is 10.7. The molecule has 0 aliphatic heterocycles. The Bertz CT molecular complexity index is 597. The van der Waals surface area contributed by atoms with E-state index in [4.69, 9.17) is 0 Å². The van der Waals surface area contributed by atoms with E-state index < -0.39 is 4.92 Å². The predicted octanol–water partition coefficient (Wildman–Crippen LogP) is 2.93. The molecule has 0 aliphatic carbocycles. The molecule has 0 aromatic carbocycles. The summed E-state index contributed by atoms with van der Waals surface area (Å²) in [5, 5.41) is 16.9. The quantitative estimate of drug-likeness (QED) is 0.671. The summed E-state index contributed by atoms with van der Waals surface area (Å²) in [6, 6.07) is 1.67. The first-order valence-electron chi connectivity index (χ1n) is 5.88. The first-order valence-corrected chi connectivity index (χ1v) is 6.76. The summed E-state index contributed by atoms with van der Waals surface area (Å²) in [5.41, 5.74) is 1.59. The lowest BCUT2D eigenvalue weighted by Gasteiger charge is -2.04. The van der Waals surface area contributed by atoms with Crippen LogP contribution in [0.2, 0.25) is 0 Å². The second-order valence-corrected chi connectivity index (χ2v) is 5.00. The zero-order valence-corrected chi connectivity index (χ0v) is 11.5. The molecule has 2 heterocycles. The van der Waals surface area contributed by atoms with Gasteiger partial charge in [-0.25, -0.2) is 9.97 Å². The van der Waals surface area contributed by atoms with E-state index in [2.05, 4.69) is 22.2 Å². The van der Waals surface area contributed by atoms with Gasteiger partial charge in [-0.1, -0.05) is 6.92 Å². The zero-order chi connectivity index (χ0) is 13.8. The van der Waals surface area contributed by atoms with Crippen LogP contribution in [0.3, 0.4) is 0 Å². The lowest BCUT2D eigenvalue weighted by atomic mass is 10.2. The molecule has 0 fully saturated rings. The van der Waals surface area contributed by atoms with Gasteiger partial charge in [0.1, 0.15) is 12.0 Å². The zero-order valence-electron chi connectivity index (χ0n) is 10.7. The Morgan fingerprint density at radius 2 is 2.32 bits per heavy atom. The topological polar surface area (TPSA) is 81.0 Å². The van der Waals surface area contributed by atoms with E-state index in [0.717, 1.165) is 17.1 Å². The first kappa shape index (κ1) is 13.4. The van der Waals surface area contributed by atoms with Crippen molar-refractivity contribution in [3.05, 3.63) is 44.0 Å². The number of hydrogen-bond acceptors (Lipinski definition) is 6. The third-order valence-corrected chi connectivity index (χ3v) is 3.67. The fourth-order valence-electron chi connectivity index (χ4n) is 1.61. The SMILES string of the molecule is CCc1nc(CNc2cc(C)c([N+](=O)[O-])cn2)cs1. The van der Waals surface area contributed by atoms with E-state index in [-0.39, 0.29) is 5.69 Å². The van der Waals surface area contributed by atoms with Crippen molar-refractivity contribution < 1.29 is 4.92 Å². The average Bonchev–Trinajstić information content (AvgIpc) is 2.84. The maximum absolute atomic E-state index is 10.7. The molecule has 100 valence electrons. The standard InChI is InChI=1S/C12H14N4O2S/c1-3-12-15-9(7-19-12)5-13-11-4-8(2)10(6-14-11)16(17)18/h4,6-7H,3,5H2,1-2H3,(H,13,14). The lowest BCUT2D eigenvalue weighted by Crippen LogP contribution is -2.03. The second-order valence-electron chi connectivity index (χ2n) is 4.05. The summed E-state index contributed by atoms with van der Waals surface area (Å²) in [5.74, 6) is 0.620. The van der Waals surface area contributed by atoms with Gasteiger partial charge in [0.05, 0.1) is 22.2 Å². The van der Waals surface area contributed by atoms with Crippen molar-refractivity contribution in [2.75, 3.05) is 5.32 Å². The minimum absolute atomic E-state index is 0.0347. The highest BCUT2D eigenvalue weighted by atomic mass is 32.1. The van der Waals surface area contributed by atoms with Gasteiger partial charge in [0.2, 0.25) is 0 Å². The number of anilines is 1. The molecule has 0 bridgehead atoms. The Labute approximate surface area is 114 Å². The Kier molecular flexibility index (Phi) is 4.06. The monoisotopic (exact) mass is 278 g/mol. The molecule has 0 aliphatic rings. The van der Waals surface area contributed by atoms with Crippen LogP contribution in [0.4, 0.5) is 11.5 Å². The summed E-state index contributed by atoms with van der Waals surface area (Å²) in [7, 11) is 0. The summed E-state index contributed by atoms with van der Waals surface area (Å²) < 4.78 is 0. The number of nitrogens with zero attached hydrogens (tertiary/aromatic N) is 3. The minimum atomic E-state index is -0.430. The fraction of sp³-hybridized carbons (Fsp3) is 0.333. The second kappa shape index (κ2) is 5.75. The highest BCUT2D eigenvalue weighted by Crippen LogP contribution is 2.19. The molecule has 0 unspecified atom stereocenters. The van der Waals surface area contributed by atoms with Crippen molar-refractivity contribution in [1.82, 2.24) is 9.97 Å². The van der Waals surface area contributed by atoms with Gasteiger partial charge in [-0.3, -0.25) is 10.1 Å². The van der Waals surface area contributed by atoms with E-state index in [0.29, 0.717) is 17.9 Å². The number of hydrogen-bond donors (Lipinski definition) is 1. The van der Waals surface area contributed by atoms with Gasteiger partial charge in [-0.2, -0.15) is 0 Å². The number of nitrogens with one attached hydrogen (secondary N) is 1. The van der Waals surface area contributed by atoms with Crippen LogP contribution in [0.15, 0.2) is 17.6 Å². The number of rotatable bonds is 5. The Morgan fingerprint density at radius 1 is 1.53 bits per heavy atom. The van der Waals surface area contributed by atoms with Crippen LogP contribution in [-0.4, -0.2) is 14.9 Å². The molecule has 2 aromatic heterocycles. The molecule has 0 atom stereocenters. The fourth-order valence-corrected chi connectivity index (χ4v) is 2.35. The number of thiazole rings is 1. The van der Waals surface area contributed by atoms with E-state index >= 15 is 0 Å². The first-order chi connectivity index (χ1) is 9.10. The van der Waals surface area contributed by atoms with Gasteiger partial charge in [-0.05, 0) is 19.4 Å². The molecule has 2 rings (SSSR count). The molecule has 0 spiro atoms. The third-order valence-electron chi connectivity index (χ3n) is 2.63. The minimum Gasteiger partial charge on any atom is -0.364 e. The number of pyridine rings is 1. The van der Waals surface area contributed by atoms with Gasteiger partial charge in [-0.15, -0.1) is 11.3 Å². The summed E-state index contributed by atoms with van der Waals surface area (Å²) in [6.45, 7) is 4.33. The predicted molar refractivity (Wildman–Crippen MR) is 74.4 cm³/mol. The molecular formula is C12H14N4O2S. The molecule has 0 radical (unpaired) electrons. The Morgan fingerprint density at radius 3 is 2.89 bits per heavy atom. The van der Waals surface area contributed by atoms with Crippen LogP contribution in [0.25, 0.3) is 0 Å². The van der Waals surface area contributed by atoms with Gasteiger partial charge >= 0.3 is 0 Å². The van der Waals surface area contributed by atoms with Gasteiger partial charge in [0.15, 0.2) is 0 Å². The molecule has 1 N–H and O–H groups in total. The molecule has 6 nitrogen and oxygen atoms in total. The van der Waals surface area contributed by atoms with E-state index in [1.807, 2.05) is 5.38 Å². The van der Waals surface area contributed by atoms with E-state index in [1.165, 1.54) is 6.20 Å². The van der Waals surface area contributed by atoms with Gasteiger partial charge in [0.25, 0.3) is 5.69 Å². The van der Waals surface area contributed by atoms with Crippen molar-refractivity contribution in [3.63, 3.8) is 0 Å². The molecule has 19 heavy (non-hydrogen) atoms. The maximum Gasteiger partial charge on any atom is 0.290 e. The highest BCUT2D eigenvalue weighted by Gasteiger charge is 2.11. The van der Waals surface area contributed by atoms with Crippen LogP contribution < -0.4 is 5.32 Å². The lowest BCUT2D eigenvalue weighted by molar-refractivity contribution is -0.385. The van der Waals surface area contributed by atoms with Crippen LogP contribution in [0.5, 0.6) is 0 Å². The molecule has 0 amide bonds. The van der Waals surface area contributed by atoms with E-state index in [1.54, 1.807) is 24.3 Å². The van der Waals surface area contributed by atoms with Gasteiger partial charge in [0, 0.05) is 10.9 Å². The van der Waals surface area contributed by atoms with Crippen LogP contribution >= 0.6 is 11.3 Å². The van der Waals surface area contributed by atoms with Crippen molar-refractivity contribution in [2.24, 2.45) is 0 Å². The number of nitro groups is 1. The molecule has 2 aromatic rings. The molecular weight excluding hydrogens is 264 g/mol. The van der Waals surface area contributed by atoms with Crippen molar-refractivity contribution in [1.29, 1.82) is 0 Å². The largest absolute Gasteiger partial charge is 0.364 e. The molecule has 0 saturated heterocycles. The van der Waals surface area contributed by atoms with Crippen LogP contribution in [-0.2, 0) is 13.0 Å². The van der Waals surface area contributed by atoms with Crippen LogP contribution in [0, 0.1) is 17.0 Å². The Balaban J connectivity index is 2.03. The normalized spacial score (nSPS) is 10.4. The van der Waals surface area contributed by atoms with Crippen LogP contribution in [0.1, 0.15) is 23.2 Å². The summed E-state index contributed by atoms with van der Waals surface area (Å²) >= 11 is 1.63. The molecule has 0 saturated carbocycles. The van der Waals surface area contributed by atoms with Crippen molar-refractivity contribution >= 4 is 22.8 Å². The summed E-state index contributed by atoms with van der Waals surface area (Å²) in [4.78, 5) is 18.7. The van der Waals surface area contributed by atoms with Gasteiger partial charge < -0.3 is 5.32 Å². The number of aromatic nitrogens is 2. The smallest absolute Gasteiger partial charge is 0.290 e. The van der Waals surface area contributed by atoms with Crippen molar-refractivity contribution in [2.45, 2.75) is 26.8 Å².